The minimum atomic E-state index is -0.430. The number of hydrogen-bond donors (Lipinski definition) is 0. The summed E-state index contributed by atoms with van der Waals surface area (Å²) >= 11 is 5.82. The molecule has 21 heavy (non-hydrogen) atoms. The second kappa shape index (κ2) is 5.54. The quantitative estimate of drug-likeness (QED) is 0.547. The van der Waals surface area contributed by atoms with Crippen LogP contribution in [-0.2, 0) is 11.3 Å². The van der Waals surface area contributed by atoms with E-state index in [1.54, 1.807) is 43.3 Å². The first-order chi connectivity index (χ1) is 10.1. The second-order valence-corrected chi connectivity index (χ2v) is 4.94. The van der Waals surface area contributed by atoms with Crippen LogP contribution in [0.3, 0.4) is 0 Å². The molecule has 0 amide bonds. The Morgan fingerprint density at radius 3 is 2.90 bits per heavy atom. The second-order valence-electron chi connectivity index (χ2n) is 4.55. The number of benzene rings is 1. The predicted octanol–water partition coefficient (Wildman–Crippen LogP) is 3.54. The first-order valence-electron chi connectivity index (χ1n) is 6.27. The zero-order chi connectivity index (χ0) is 14.8. The molecule has 1 aromatic carbocycles. The van der Waals surface area contributed by atoms with Crippen molar-refractivity contribution in [1.82, 2.24) is 10.1 Å². The van der Waals surface area contributed by atoms with E-state index in [0.717, 1.165) is 16.6 Å². The van der Waals surface area contributed by atoms with Crippen molar-refractivity contribution in [3.63, 3.8) is 0 Å². The van der Waals surface area contributed by atoms with E-state index in [2.05, 4.69) is 10.1 Å². The average Bonchev–Trinajstić information content (AvgIpc) is 2.90. The summed E-state index contributed by atoms with van der Waals surface area (Å²) in [5.41, 5.74) is 1.92. The molecule has 0 spiro atoms. The molecule has 2 aromatic heterocycles. The molecule has 0 atom stereocenters. The van der Waals surface area contributed by atoms with Gasteiger partial charge in [-0.05, 0) is 37.3 Å². The van der Waals surface area contributed by atoms with Gasteiger partial charge < -0.3 is 9.26 Å². The van der Waals surface area contributed by atoms with Gasteiger partial charge in [0.25, 0.3) is 0 Å². The van der Waals surface area contributed by atoms with Gasteiger partial charge in [0.05, 0.1) is 16.8 Å². The molecular formula is C15H11ClN2O3. The highest BCUT2D eigenvalue weighted by Crippen LogP contribution is 2.18. The lowest BCUT2D eigenvalue weighted by molar-refractivity contribution is 0.0437. The third-order valence-corrected chi connectivity index (χ3v) is 3.12. The molecule has 0 saturated carbocycles. The van der Waals surface area contributed by atoms with Gasteiger partial charge in [0.15, 0.2) is 12.4 Å². The molecule has 6 heteroatoms. The molecule has 0 unspecified atom stereocenters. The van der Waals surface area contributed by atoms with Crippen LogP contribution >= 0.6 is 11.6 Å². The van der Waals surface area contributed by atoms with Crippen LogP contribution in [0.4, 0.5) is 0 Å². The Kier molecular flexibility index (Phi) is 3.58. The van der Waals surface area contributed by atoms with Crippen LogP contribution in [0.2, 0.25) is 5.15 Å². The molecular weight excluding hydrogens is 292 g/mol. The van der Waals surface area contributed by atoms with E-state index in [9.17, 15) is 4.79 Å². The molecule has 106 valence electrons. The van der Waals surface area contributed by atoms with Gasteiger partial charge in [-0.2, -0.15) is 0 Å². The smallest absolute Gasteiger partial charge is 0.338 e. The zero-order valence-corrected chi connectivity index (χ0v) is 11.9. The van der Waals surface area contributed by atoms with Crippen molar-refractivity contribution in [3.05, 3.63) is 58.6 Å². The number of nitrogens with zero attached hydrogens (tertiary/aromatic N) is 2. The third kappa shape index (κ3) is 3.03. The Balaban J connectivity index is 1.76. The van der Waals surface area contributed by atoms with Gasteiger partial charge in [-0.1, -0.05) is 16.8 Å². The zero-order valence-electron chi connectivity index (χ0n) is 11.2. The van der Waals surface area contributed by atoms with Crippen molar-refractivity contribution in [2.24, 2.45) is 0 Å². The highest BCUT2D eigenvalue weighted by atomic mass is 35.5. The number of rotatable bonds is 3. The van der Waals surface area contributed by atoms with Crippen LogP contribution in [0.1, 0.15) is 21.8 Å². The molecule has 5 nitrogen and oxygen atoms in total. The molecule has 0 radical (unpaired) electrons. The van der Waals surface area contributed by atoms with Gasteiger partial charge in [0.1, 0.15) is 5.15 Å². The maximum absolute atomic E-state index is 12.0. The first-order valence-corrected chi connectivity index (χ1v) is 6.65. The maximum atomic E-state index is 12.0. The van der Waals surface area contributed by atoms with Gasteiger partial charge in [-0.3, -0.25) is 0 Å². The van der Waals surface area contributed by atoms with Crippen molar-refractivity contribution in [1.29, 1.82) is 0 Å². The van der Waals surface area contributed by atoms with Crippen LogP contribution in [0.15, 0.2) is 40.9 Å². The SMILES string of the molecule is Cc1cc(COC(=O)c2ccc3nc(Cl)ccc3c2)on1. The Morgan fingerprint density at radius 1 is 1.29 bits per heavy atom. The number of aryl methyl sites for hydroxylation is 1. The van der Waals surface area contributed by atoms with E-state index in [-0.39, 0.29) is 6.61 Å². The molecule has 0 aliphatic rings. The number of carbonyl (C=O) groups excluding carboxylic acids is 1. The average molecular weight is 303 g/mol. The van der Waals surface area contributed by atoms with E-state index in [0.29, 0.717) is 16.5 Å². The highest BCUT2D eigenvalue weighted by molar-refractivity contribution is 6.29. The molecule has 2 heterocycles. The van der Waals surface area contributed by atoms with E-state index in [1.165, 1.54) is 0 Å². The molecule has 0 saturated heterocycles. The monoisotopic (exact) mass is 302 g/mol. The first kappa shape index (κ1) is 13.6. The summed E-state index contributed by atoms with van der Waals surface area (Å²) in [7, 11) is 0. The van der Waals surface area contributed by atoms with Crippen molar-refractivity contribution in [2.75, 3.05) is 0 Å². The van der Waals surface area contributed by atoms with Crippen LogP contribution < -0.4 is 0 Å². The van der Waals surface area contributed by atoms with E-state index in [4.69, 9.17) is 20.9 Å². The van der Waals surface area contributed by atoms with Gasteiger partial charge >= 0.3 is 5.97 Å². The number of esters is 1. The van der Waals surface area contributed by atoms with E-state index >= 15 is 0 Å². The molecule has 0 bridgehead atoms. The molecule has 3 rings (SSSR count). The molecule has 0 aliphatic heterocycles. The Morgan fingerprint density at radius 2 is 2.14 bits per heavy atom. The minimum absolute atomic E-state index is 0.0522. The standard InChI is InChI=1S/C15H11ClN2O3/c1-9-6-12(21-18-9)8-20-15(19)11-2-4-13-10(7-11)3-5-14(16)17-13/h2-7H,8H2,1H3. The Bertz CT molecular complexity index is 814. The highest BCUT2D eigenvalue weighted by Gasteiger charge is 2.10. The van der Waals surface area contributed by atoms with E-state index < -0.39 is 5.97 Å². The Labute approximate surface area is 125 Å². The number of pyridine rings is 1. The summed E-state index contributed by atoms with van der Waals surface area (Å²) in [6, 6.07) is 10.3. The Hall–Kier alpha value is -2.40. The summed E-state index contributed by atoms with van der Waals surface area (Å²) in [6.07, 6.45) is 0. The van der Waals surface area contributed by atoms with Crippen molar-refractivity contribution < 1.29 is 14.1 Å². The molecule has 0 fully saturated rings. The van der Waals surface area contributed by atoms with E-state index in [1.807, 2.05) is 0 Å². The number of halogens is 1. The fraction of sp³-hybridized carbons (Fsp3) is 0.133. The number of aromatic nitrogens is 2. The summed E-state index contributed by atoms with van der Waals surface area (Å²) < 4.78 is 10.2. The molecule has 3 aromatic rings. The topological polar surface area (TPSA) is 65.2 Å². The van der Waals surface area contributed by atoms with Crippen LogP contribution in [0.5, 0.6) is 0 Å². The number of hydrogen-bond acceptors (Lipinski definition) is 5. The fourth-order valence-electron chi connectivity index (χ4n) is 1.93. The van der Waals surface area contributed by atoms with Crippen LogP contribution in [0.25, 0.3) is 10.9 Å². The normalized spacial score (nSPS) is 10.8. The van der Waals surface area contributed by atoms with Crippen LogP contribution in [-0.4, -0.2) is 16.1 Å². The summed E-state index contributed by atoms with van der Waals surface area (Å²) in [5.74, 6) is 0.0796. The number of ether oxygens (including phenoxy) is 1. The fourth-order valence-corrected chi connectivity index (χ4v) is 2.09. The van der Waals surface area contributed by atoms with Gasteiger partial charge in [-0.15, -0.1) is 0 Å². The summed E-state index contributed by atoms with van der Waals surface area (Å²) in [5, 5.41) is 4.97. The largest absolute Gasteiger partial charge is 0.454 e. The lowest BCUT2D eigenvalue weighted by Gasteiger charge is -2.04. The predicted molar refractivity (Wildman–Crippen MR) is 77.1 cm³/mol. The van der Waals surface area contributed by atoms with Gasteiger partial charge in [-0.25, -0.2) is 9.78 Å². The van der Waals surface area contributed by atoms with Gasteiger partial charge in [0.2, 0.25) is 0 Å². The third-order valence-electron chi connectivity index (χ3n) is 2.91. The van der Waals surface area contributed by atoms with Crippen molar-refractivity contribution in [2.45, 2.75) is 13.5 Å². The summed E-state index contributed by atoms with van der Waals surface area (Å²) in [6.45, 7) is 1.85. The molecule has 0 N–H and O–H groups in total. The lowest BCUT2D eigenvalue weighted by atomic mass is 10.1. The van der Waals surface area contributed by atoms with Crippen molar-refractivity contribution >= 4 is 28.5 Å². The number of fused-ring (bicyclic) bond motifs is 1. The molecule has 0 aliphatic carbocycles. The summed E-state index contributed by atoms with van der Waals surface area (Å²) in [4.78, 5) is 16.2. The van der Waals surface area contributed by atoms with Crippen LogP contribution in [0, 0.1) is 6.92 Å². The van der Waals surface area contributed by atoms with Gasteiger partial charge in [0, 0.05) is 11.5 Å². The van der Waals surface area contributed by atoms with Crippen molar-refractivity contribution in [3.8, 4) is 0 Å². The maximum Gasteiger partial charge on any atom is 0.338 e. The lowest BCUT2D eigenvalue weighted by Crippen LogP contribution is -2.04. The minimum Gasteiger partial charge on any atom is -0.454 e. The number of carbonyl (C=O) groups is 1.